The predicted molar refractivity (Wildman–Crippen MR) is 80.5 cm³/mol. The molecule has 0 aliphatic carbocycles. The van der Waals surface area contributed by atoms with Gasteiger partial charge in [-0.25, -0.2) is 9.59 Å². The van der Waals surface area contributed by atoms with Crippen LogP contribution < -0.4 is 0 Å². The molecule has 0 N–H and O–H groups in total. The van der Waals surface area contributed by atoms with E-state index in [1.54, 1.807) is 0 Å². The van der Waals surface area contributed by atoms with Gasteiger partial charge in [0.05, 0.1) is 11.4 Å². The molecule has 4 heteroatoms. The van der Waals surface area contributed by atoms with E-state index in [1.165, 1.54) is 23.3 Å². The lowest BCUT2D eigenvalue weighted by molar-refractivity contribution is 0.564. The number of hydrogen-bond acceptors (Lipinski definition) is 4. The first-order valence-corrected chi connectivity index (χ1v) is 6.65. The van der Waals surface area contributed by atoms with Crippen molar-refractivity contribution in [3.63, 3.8) is 0 Å². The van der Waals surface area contributed by atoms with Gasteiger partial charge in [0.25, 0.3) is 0 Å². The number of benzene rings is 2. The SMILES string of the molecule is O=C=Nc1ccc(CCCc2ccc(N=C=O)cc2)cc1. The molecule has 0 heterocycles. The summed E-state index contributed by atoms with van der Waals surface area (Å²) in [5.74, 6) is 0. The van der Waals surface area contributed by atoms with E-state index >= 15 is 0 Å². The van der Waals surface area contributed by atoms with Gasteiger partial charge in [-0.2, -0.15) is 9.98 Å². The van der Waals surface area contributed by atoms with Crippen molar-refractivity contribution in [2.45, 2.75) is 19.3 Å². The van der Waals surface area contributed by atoms with Gasteiger partial charge < -0.3 is 0 Å². The van der Waals surface area contributed by atoms with E-state index in [0.717, 1.165) is 19.3 Å². The van der Waals surface area contributed by atoms with Crippen LogP contribution in [0.2, 0.25) is 0 Å². The minimum Gasteiger partial charge on any atom is -0.211 e. The molecule has 2 aromatic carbocycles. The molecule has 0 fully saturated rings. The molecule has 0 aliphatic rings. The molecule has 2 aromatic rings. The number of isocyanates is 2. The summed E-state index contributed by atoms with van der Waals surface area (Å²) >= 11 is 0. The fourth-order valence-corrected chi connectivity index (χ4v) is 2.08. The highest BCUT2D eigenvalue weighted by Crippen LogP contribution is 2.16. The molecule has 0 aromatic heterocycles. The average Bonchev–Trinajstić information content (AvgIpc) is 2.51. The zero-order chi connectivity index (χ0) is 14.9. The third kappa shape index (κ3) is 4.66. The molecule has 21 heavy (non-hydrogen) atoms. The maximum absolute atomic E-state index is 10.1. The third-order valence-electron chi connectivity index (χ3n) is 3.15. The van der Waals surface area contributed by atoms with E-state index in [4.69, 9.17) is 0 Å². The first-order valence-electron chi connectivity index (χ1n) is 6.65. The Hall–Kier alpha value is -2.80. The second kappa shape index (κ2) is 7.71. The van der Waals surface area contributed by atoms with E-state index in [2.05, 4.69) is 9.98 Å². The summed E-state index contributed by atoms with van der Waals surface area (Å²) in [6.45, 7) is 0. The van der Waals surface area contributed by atoms with Crippen LogP contribution >= 0.6 is 0 Å². The van der Waals surface area contributed by atoms with E-state index < -0.39 is 0 Å². The fourth-order valence-electron chi connectivity index (χ4n) is 2.08. The quantitative estimate of drug-likeness (QED) is 0.596. The van der Waals surface area contributed by atoms with Crippen LogP contribution in [0.1, 0.15) is 17.5 Å². The molecule has 0 bridgehead atoms. The van der Waals surface area contributed by atoms with Crippen molar-refractivity contribution in [1.82, 2.24) is 0 Å². The van der Waals surface area contributed by atoms with Gasteiger partial charge >= 0.3 is 0 Å². The molecular weight excluding hydrogens is 264 g/mol. The highest BCUT2D eigenvalue weighted by atomic mass is 16.1. The van der Waals surface area contributed by atoms with Gasteiger partial charge in [-0.15, -0.1) is 0 Å². The number of hydrogen-bond donors (Lipinski definition) is 0. The Morgan fingerprint density at radius 3 is 1.38 bits per heavy atom. The molecule has 0 aliphatic heterocycles. The summed E-state index contributed by atoms with van der Waals surface area (Å²) in [6.07, 6.45) is 5.99. The van der Waals surface area contributed by atoms with E-state index in [9.17, 15) is 9.59 Å². The molecule has 2 rings (SSSR count). The number of aryl methyl sites for hydroxylation is 2. The first-order chi connectivity index (χ1) is 10.3. The molecule has 4 nitrogen and oxygen atoms in total. The van der Waals surface area contributed by atoms with Crippen molar-refractivity contribution in [3.8, 4) is 0 Å². The van der Waals surface area contributed by atoms with Crippen LogP contribution in [0, 0.1) is 0 Å². The van der Waals surface area contributed by atoms with Gasteiger partial charge in [0, 0.05) is 0 Å². The Bertz CT molecular complexity index is 616. The molecule has 0 unspecified atom stereocenters. The van der Waals surface area contributed by atoms with Gasteiger partial charge in [0.1, 0.15) is 0 Å². The lowest BCUT2D eigenvalue weighted by atomic mass is 10.0. The second-order valence-electron chi connectivity index (χ2n) is 4.59. The molecule has 0 amide bonds. The van der Waals surface area contributed by atoms with E-state index in [1.807, 2.05) is 48.5 Å². The van der Waals surface area contributed by atoms with Crippen LogP contribution in [-0.2, 0) is 22.4 Å². The predicted octanol–water partition coefficient (Wildman–Crippen LogP) is 3.80. The van der Waals surface area contributed by atoms with Crippen LogP contribution in [-0.4, -0.2) is 12.2 Å². The van der Waals surface area contributed by atoms with Gasteiger partial charge in [-0.1, -0.05) is 24.3 Å². The van der Waals surface area contributed by atoms with Gasteiger partial charge in [-0.05, 0) is 54.7 Å². The topological polar surface area (TPSA) is 58.9 Å². The van der Waals surface area contributed by atoms with Crippen molar-refractivity contribution >= 4 is 23.5 Å². The monoisotopic (exact) mass is 278 g/mol. The van der Waals surface area contributed by atoms with Crippen LogP contribution in [0.4, 0.5) is 11.4 Å². The highest BCUT2D eigenvalue weighted by Gasteiger charge is 1.97. The van der Waals surface area contributed by atoms with Crippen molar-refractivity contribution in [3.05, 3.63) is 59.7 Å². The van der Waals surface area contributed by atoms with Crippen LogP contribution in [0.3, 0.4) is 0 Å². The smallest absolute Gasteiger partial charge is 0.211 e. The van der Waals surface area contributed by atoms with Crippen molar-refractivity contribution in [1.29, 1.82) is 0 Å². The lowest BCUT2D eigenvalue weighted by Gasteiger charge is -2.03. The molecule has 0 saturated carbocycles. The summed E-state index contributed by atoms with van der Waals surface area (Å²) in [5, 5.41) is 0. The Balaban J connectivity index is 1.85. The Morgan fingerprint density at radius 2 is 1.05 bits per heavy atom. The van der Waals surface area contributed by atoms with E-state index in [0.29, 0.717) is 11.4 Å². The zero-order valence-electron chi connectivity index (χ0n) is 11.5. The summed E-state index contributed by atoms with van der Waals surface area (Å²) < 4.78 is 0. The maximum atomic E-state index is 10.1. The number of rotatable bonds is 6. The average molecular weight is 278 g/mol. The largest absolute Gasteiger partial charge is 0.240 e. The second-order valence-corrected chi connectivity index (χ2v) is 4.59. The van der Waals surface area contributed by atoms with Gasteiger partial charge in [0.2, 0.25) is 12.2 Å². The first kappa shape index (κ1) is 14.6. The van der Waals surface area contributed by atoms with Crippen molar-refractivity contribution < 1.29 is 9.59 Å². The normalized spacial score (nSPS) is 9.52. The third-order valence-corrected chi connectivity index (χ3v) is 3.15. The molecule has 0 atom stereocenters. The standard InChI is InChI=1S/C17H14N2O2/c20-12-18-16-8-4-14(5-9-16)2-1-3-15-6-10-17(11-7-15)19-13-21/h4-11H,1-3H2. The van der Waals surface area contributed by atoms with Crippen LogP contribution in [0.25, 0.3) is 0 Å². The van der Waals surface area contributed by atoms with Crippen molar-refractivity contribution in [2.24, 2.45) is 9.98 Å². The minimum atomic E-state index is 0.625. The number of aliphatic imine (C=N–C) groups is 2. The summed E-state index contributed by atoms with van der Waals surface area (Å²) in [6, 6.07) is 15.1. The molecule has 0 spiro atoms. The summed E-state index contributed by atoms with van der Waals surface area (Å²) in [4.78, 5) is 27.4. The Kier molecular flexibility index (Phi) is 5.36. The molecule has 0 radical (unpaired) electrons. The summed E-state index contributed by atoms with van der Waals surface area (Å²) in [5.41, 5.74) is 3.67. The van der Waals surface area contributed by atoms with Crippen LogP contribution in [0.15, 0.2) is 58.5 Å². The fraction of sp³-hybridized carbons (Fsp3) is 0.176. The summed E-state index contributed by atoms with van der Waals surface area (Å²) in [7, 11) is 0. The van der Waals surface area contributed by atoms with Crippen molar-refractivity contribution in [2.75, 3.05) is 0 Å². The molecule has 104 valence electrons. The van der Waals surface area contributed by atoms with Gasteiger partial charge in [-0.3, -0.25) is 0 Å². The van der Waals surface area contributed by atoms with Crippen LogP contribution in [0.5, 0.6) is 0 Å². The number of nitrogens with zero attached hydrogens (tertiary/aromatic N) is 2. The number of carbonyl (C=O) groups excluding carboxylic acids is 2. The maximum Gasteiger partial charge on any atom is 0.240 e. The molecule has 0 saturated heterocycles. The lowest BCUT2D eigenvalue weighted by Crippen LogP contribution is -1.89. The Morgan fingerprint density at radius 1 is 0.667 bits per heavy atom. The van der Waals surface area contributed by atoms with E-state index in [-0.39, 0.29) is 0 Å². The Labute approximate surface area is 122 Å². The highest BCUT2D eigenvalue weighted by molar-refractivity contribution is 5.49. The minimum absolute atomic E-state index is 0.625. The zero-order valence-corrected chi connectivity index (χ0v) is 11.5. The van der Waals surface area contributed by atoms with Gasteiger partial charge in [0.15, 0.2) is 0 Å². The molecular formula is C17H14N2O2.